The fourth-order valence-corrected chi connectivity index (χ4v) is 4.17. The Hall–Kier alpha value is -2.19. The topological polar surface area (TPSA) is 103 Å². The molecule has 0 radical (unpaired) electrons. The maximum atomic E-state index is 12.5. The second-order valence-electron chi connectivity index (χ2n) is 5.20. The minimum atomic E-state index is -3.54. The van der Waals surface area contributed by atoms with Crippen molar-refractivity contribution in [1.29, 1.82) is 0 Å². The molecule has 0 amide bonds. The van der Waals surface area contributed by atoms with Crippen molar-refractivity contribution >= 4 is 10.0 Å². The van der Waals surface area contributed by atoms with E-state index in [0.29, 0.717) is 18.7 Å². The highest BCUT2D eigenvalue weighted by Gasteiger charge is 2.33. The number of aromatic amines is 2. The normalized spacial score (nSPS) is 19.4. The van der Waals surface area contributed by atoms with Gasteiger partial charge in [0.15, 0.2) is 0 Å². The molecule has 1 atom stereocenters. The standard InChI is InChI=1S/C14H15N3O4S/c18-13-8-12(15-14(19)16-13)10-6-7-17(9-10)22(20,21)11-4-2-1-3-5-11/h1-5,8,10H,6-7,9H2,(H2,15,16,18,19). The first-order valence-electron chi connectivity index (χ1n) is 6.85. The average Bonchev–Trinajstić information content (AvgIpc) is 2.98. The number of H-pyrrole nitrogens is 2. The molecule has 2 N–H and O–H groups in total. The minimum absolute atomic E-state index is 0.187. The summed E-state index contributed by atoms with van der Waals surface area (Å²) in [5.41, 5.74) is -0.588. The second-order valence-corrected chi connectivity index (χ2v) is 7.14. The third-order valence-electron chi connectivity index (χ3n) is 3.75. The molecule has 3 rings (SSSR count). The van der Waals surface area contributed by atoms with Crippen LogP contribution in [0.4, 0.5) is 0 Å². The molecule has 0 spiro atoms. The summed E-state index contributed by atoms with van der Waals surface area (Å²) >= 11 is 0. The van der Waals surface area contributed by atoms with E-state index < -0.39 is 21.3 Å². The van der Waals surface area contributed by atoms with Gasteiger partial charge in [0.1, 0.15) is 0 Å². The molecule has 2 aromatic rings. The van der Waals surface area contributed by atoms with Crippen LogP contribution < -0.4 is 11.2 Å². The van der Waals surface area contributed by atoms with Crippen molar-refractivity contribution in [3.63, 3.8) is 0 Å². The van der Waals surface area contributed by atoms with E-state index in [4.69, 9.17) is 0 Å². The van der Waals surface area contributed by atoms with E-state index in [1.165, 1.54) is 10.4 Å². The molecule has 7 nitrogen and oxygen atoms in total. The molecule has 1 aromatic heterocycles. The molecule has 1 aromatic carbocycles. The summed E-state index contributed by atoms with van der Waals surface area (Å²) in [6.07, 6.45) is 0.561. The molecule has 0 saturated carbocycles. The van der Waals surface area contributed by atoms with Gasteiger partial charge < -0.3 is 4.98 Å². The Kier molecular flexibility index (Phi) is 3.71. The van der Waals surface area contributed by atoms with Crippen LogP contribution in [-0.2, 0) is 10.0 Å². The van der Waals surface area contributed by atoms with Gasteiger partial charge in [0, 0.05) is 30.8 Å². The lowest BCUT2D eigenvalue weighted by atomic mass is 10.1. The predicted octanol–water partition coefficient (Wildman–Crippen LogP) is 0.241. The highest BCUT2D eigenvalue weighted by Crippen LogP contribution is 2.29. The molecule has 1 unspecified atom stereocenters. The monoisotopic (exact) mass is 321 g/mol. The van der Waals surface area contributed by atoms with Gasteiger partial charge in [0.2, 0.25) is 10.0 Å². The van der Waals surface area contributed by atoms with Gasteiger partial charge in [-0.3, -0.25) is 9.78 Å². The maximum Gasteiger partial charge on any atom is 0.325 e. The first kappa shape index (κ1) is 14.7. The van der Waals surface area contributed by atoms with Crippen molar-refractivity contribution in [2.24, 2.45) is 0 Å². The average molecular weight is 321 g/mol. The molecular weight excluding hydrogens is 306 g/mol. The van der Waals surface area contributed by atoms with Crippen LogP contribution in [0.3, 0.4) is 0 Å². The van der Waals surface area contributed by atoms with Gasteiger partial charge in [0.25, 0.3) is 5.56 Å². The largest absolute Gasteiger partial charge is 0.325 e. The second kappa shape index (κ2) is 5.54. The molecular formula is C14H15N3O4S. The summed E-state index contributed by atoms with van der Waals surface area (Å²) in [5.74, 6) is -0.187. The number of sulfonamides is 1. The van der Waals surface area contributed by atoms with E-state index in [-0.39, 0.29) is 17.4 Å². The van der Waals surface area contributed by atoms with Crippen LogP contribution in [0, 0.1) is 0 Å². The Bertz CT molecular complexity index is 858. The number of hydrogen-bond acceptors (Lipinski definition) is 4. The van der Waals surface area contributed by atoms with Crippen LogP contribution in [0.2, 0.25) is 0 Å². The molecule has 0 aliphatic carbocycles. The number of rotatable bonds is 3. The van der Waals surface area contributed by atoms with Crippen LogP contribution in [0.1, 0.15) is 18.0 Å². The van der Waals surface area contributed by atoms with Gasteiger partial charge in [-0.25, -0.2) is 13.2 Å². The van der Waals surface area contributed by atoms with Gasteiger partial charge in [0.05, 0.1) is 4.90 Å². The number of aromatic nitrogens is 2. The van der Waals surface area contributed by atoms with Crippen LogP contribution >= 0.6 is 0 Å². The number of nitrogens with one attached hydrogen (secondary N) is 2. The number of benzene rings is 1. The minimum Gasteiger partial charge on any atom is -0.311 e. The summed E-state index contributed by atoms with van der Waals surface area (Å²) in [7, 11) is -3.54. The lowest BCUT2D eigenvalue weighted by Gasteiger charge is -2.16. The van der Waals surface area contributed by atoms with Crippen molar-refractivity contribution in [3.8, 4) is 0 Å². The molecule has 22 heavy (non-hydrogen) atoms. The molecule has 1 aliphatic heterocycles. The number of nitrogens with zero attached hydrogens (tertiary/aromatic N) is 1. The van der Waals surface area contributed by atoms with Gasteiger partial charge in [-0.05, 0) is 18.6 Å². The Morgan fingerprint density at radius 1 is 1.09 bits per heavy atom. The van der Waals surface area contributed by atoms with Crippen LogP contribution in [0.25, 0.3) is 0 Å². The van der Waals surface area contributed by atoms with E-state index >= 15 is 0 Å². The Balaban J connectivity index is 1.86. The first-order valence-corrected chi connectivity index (χ1v) is 8.29. The Morgan fingerprint density at radius 3 is 2.50 bits per heavy atom. The molecule has 1 saturated heterocycles. The zero-order valence-electron chi connectivity index (χ0n) is 11.7. The fraction of sp³-hybridized carbons (Fsp3) is 0.286. The quantitative estimate of drug-likeness (QED) is 0.845. The van der Waals surface area contributed by atoms with Gasteiger partial charge in [-0.1, -0.05) is 18.2 Å². The molecule has 0 bridgehead atoms. The molecule has 116 valence electrons. The summed E-state index contributed by atoms with van der Waals surface area (Å²) in [4.78, 5) is 27.6. The first-order chi connectivity index (χ1) is 10.5. The molecule has 8 heteroatoms. The van der Waals surface area contributed by atoms with Crippen molar-refractivity contribution < 1.29 is 8.42 Å². The number of hydrogen-bond donors (Lipinski definition) is 2. The van der Waals surface area contributed by atoms with Crippen molar-refractivity contribution in [2.75, 3.05) is 13.1 Å². The Morgan fingerprint density at radius 2 is 1.82 bits per heavy atom. The third-order valence-corrected chi connectivity index (χ3v) is 5.63. The van der Waals surface area contributed by atoms with E-state index in [9.17, 15) is 18.0 Å². The zero-order valence-corrected chi connectivity index (χ0v) is 12.5. The summed E-state index contributed by atoms with van der Waals surface area (Å²) in [6.45, 7) is 0.605. The smallest absolute Gasteiger partial charge is 0.311 e. The van der Waals surface area contributed by atoms with E-state index in [0.717, 1.165) is 0 Å². The zero-order chi connectivity index (χ0) is 15.7. The lowest BCUT2D eigenvalue weighted by Crippen LogP contribution is -2.29. The van der Waals surface area contributed by atoms with E-state index in [1.807, 2.05) is 0 Å². The van der Waals surface area contributed by atoms with Gasteiger partial charge in [-0.15, -0.1) is 0 Å². The lowest BCUT2D eigenvalue weighted by molar-refractivity contribution is 0.472. The molecule has 1 fully saturated rings. The Labute approximate surface area is 126 Å². The molecule has 2 heterocycles. The molecule has 1 aliphatic rings. The third kappa shape index (κ3) is 2.75. The maximum absolute atomic E-state index is 12.5. The predicted molar refractivity (Wildman–Crippen MR) is 80.2 cm³/mol. The van der Waals surface area contributed by atoms with E-state index in [2.05, 4.69) is 9.97 Å². The van der Waals surface area contributed by atoms with Crippen molar-refractivity contribution in [2.45, 2.75) is 17.2 Å². The van der Waals surface area contributed by atoms with Gasteiger partial charge >= 0.3 is 5.69 Å². The highest BCUT2D eigenvalue weighted by molar-refractivity contribution is 7.89. The van der Waals surface area contributed by atoms with Crippen LogP contribution in [0.15, 0.2) is 50.9 Å². The van der Waals surface area contributed by atoms with Crippen molar-refractivity contribution in [1.82, 2.24) is 14.3 Å². The summed E-state index contributed by atoms with van der Waals surface area (Å²) in [6, 6.07) is 9.52. The van der Waals surface area contributed by atoms with Crippen molar-refractivity contribution in [3.05, 3.63) is 62.9 Å². The summed E-state index contributed by atoms with van der Waals surface area (Å²) in [5, 5.41) is 0. The van der Waals surface area contributed by atoms with Crippen LogP contribution in [0.5, 0.6) is 0 Å². The highest BCUT2D eigenvalue weighted by atomic mass is 32.2. The SMILES string of the molecule is O=c1cc(C2CCN(S(=O)(=O)c3ccccc3)C2)[nH]c(=O)[nH]1. The van der Waals surface area contributed by atoms with E-state index in [1.54, 1.807) is 30.3 Å². The van der Waals surface area contributed by atoms with Gasteiger partial charge in [-0.2, -0.15) is 4.31 Å². The van der Waals surface area contributed by atoms with Crippen LogP contribution in [-0.4, -0.2) is 35.8 Å². The summed E-state index contributed by atoms with van der Waals surface area (Å²) < 4.78 is 26.4. The fourth-order valence-electron chi connectivity index (χ4n) is 2.65.